The minimum absolute atomic E-state index is 0.0652. The van der Waals surface area contributed by atoms with Gasteiger partial charge < -0.3 is 19.1 Å². The second-order valence-electron chi connectivity index (χ2n) is 9.91. The Kier molecular flexibility index (Phi) is 7.41. The molecule has 0 bridgehead atoms. The monoisotopic (exact) mass is 545 g/mol. The third kappa shape index (κ3) is 5.26. The van der Waals surface area contributed by atoms with Crippen LogP contribution in [0.25, 0.3) is 11.3 Å². The van der Waals surface area contributed by atoms with Crippen molar-refractivity contribution in [3.05, 3.63) is 131 Å². The Bertz CT molecular complexity index is 1630. The number of hydrogen-bond donors (Lipinski definition) is 1. The van der Waals surface area contributed by atoms with Crippen LogP contribution < -0.4 is 14.2 Å². The molecule has 0 aliphatic carbocycles. The van der Waals surface area contributed by atoms with Gasteiger partial charge in [-0.05, 0) is 47.4 Å². The van der Waals surface area contributed by atoms with Gasteiger partial charge in [-0.2, -0.15) is 5.10 Å². The number of rotatable bonds is 10. The van der Waals surface area contributed by atoms with Crippen molar-refractivity contribution in [3.63, 3.8) is 0 Å². The first kappa shape index (κ1) is 26.2. The zero-order valence-electron chi connectivity index (χ0n) is 23.0. The van der Waals surface area contributed by atoms with E-state index in [4.69, 9.17) is 14.2 Å². The van der Waals surface area contributed by atoms with Crippen LogP contribution in [-0.4, -0.2) is 41.8 Å². The van der Waals surface area contributed by atoms with Crippen molar-refractivity contribution in [2.75, 3.05) is 20.8 Å². The molecule has 206 valence electrons. The molecule has 7 heteroatoms. The van der Waals surface area contributed by atoms with Crippen LogP contribution in [0.1, 0.15) is 38.8 Å². The molecule has 1 unspecified atom stereocenters. The van der Waals surface area contributed by atoms with Crippen molar-refractivity contribution in [3.8, 4) is 28.5 Å². The van der Waals surface area contributed by atoms with Gasteiger partial charge >= 0.3 is 0 Å². The van der Waals surface area contributed by atoms with Gasteiger partial charge in [0.25, 0.3) is 5.91 Å². The molecule has 2 heterocycles. The Morgan fingerprint density at radius 1 is 0.805 bits per heavy atom. The van der Waals surface area contributed by atoms with E-state index in [1.807, 2.05) is 108 Å². The van der Waals surface area contributed by atoms with Crippen molar-refractivity contribution in [1.82, 2.24) is 15.1 Å². The average Bonchev–Trinajstić information content (AvgIpc) is 3.58. The predicted molar refractivity (Wildman–Crippen MR) is 157 cm³/mol. The van der Waals surface area contributed by atoms with Gasteiger partial charge in [0.1, 0.15) is 18.1 Å². The molecule has 5 aromatic rings. The maximum Gasteiger partial charge on any atom is 0.273 e. The highest BCUT2D eigenvalue weighted by Gasteiger charge is 2.42. The van der Waals surface area contributed by atoms with E-state index in [-0.39, 0.29) is 11.9 Å². The van der Waals surface area contributed by atoms with Crippen LogP contribution in [0.5, 0.6) is 17.2 Å². The normalized spacial score (nSPS) is 14.1. The van der Waals surface area contributed by atoms with E-state index in [9.17, 15) is 4.79 Å². The molecule has 1 aliphatic heterocycles. The van der Waals surface area contributed by atoms with Gasteiger partial charge in [-0.25, -0.2) is 0 Å². The second-order valence-corrected chi connectivity index (χ2v) is 9.91. The highest BCUT2D eigenvalue weighted by Crippen LogP contribution is 2.43. The average molecular weight is 546 g/mol. The zero-order chi connectivity index (χ0) is 28.2. The maximum atomic E-state index is 13.8. The van der Waals surface area contributed by atoms with Crippen LogP contribution >= 0.6 is 0 Å². The summed E-state index contributed by atoms with van der Waals surface area (Å²) in [6, 6.07) is 33.6. The number of carbonyl (C=O) groups is 1. The maximum absolute atomic E-state index is 13.8. The zero-order valence-corrected chi connectivity index (χ0v) is 23.0. The van der Waals surface area contributed by atoms with E-state index in [2.05, 4.69) is 10.2 Å². The smallest absolute Gasteiger partial charge is 0.273 e. The summed E-state index contributed by atoms with van der Waals surface area (Å²) in [5.41, 5.74) is 6.34. The number of hydrogen-bond acceptors (Lipinski definition) is 5. The Morgan fingerprint density at radius 2 is 1.51 bits per heavy atom. The lowest BCUT2D eigenvalue weighted by molar-refractivity contribution is 0.0746. The van der Waals surface area contributed by atoms with Crippen molar-refractivity contribution < 1.29 is 19.0 Å². The number of ether oxygens (including phenoxy) is 3. The number of fused-ring (bicyclic) bond motifs is 1. The molecule has 0 saturated heterocycles. The fourth-order valence-electron chi connectivity index (χ4n) is 5.36. The molecule has 7 nitrogen and oxygen atoms in total. The van der Waals surface area contributed by atoms with Gasteiger partial charge in [0.2, 0.25) is 0 Å². The molecule has 1 amide bonds. The standard InChI is InChI=1S/C34H31N3O4/c1-39-28-18-13-23(21-29(28)40-2)19-20-37-33(26-14-16-27(17-15-26)41-22-24-9-5-3-6-10-24)30-31(25-11-7-4-8-12-25)35-36-32(30)34(37)38/h3-18,21,33H,19-20,22H2,1-2H3,(H,35,36). The van der Waals surface area contributed by atoms with Gasteiger partial charge in [-0.15, -0.1) is 0 Å². The Hall–Kier alpha value is -5.04. The minimum atomic E-state index is -0.297. The number of methoxy groups -OCH3 is 2. The first-order chi connectivity index (χ1) is 20.2. The van der Waals surface area contributed by atoms with Crippen molar-refractivity contribution >= 4 is 5.91 Å². The lowest BCUT2D eigenvalue weighted by Gasteiger charge is -2.27. The van der Waals surface area contributed by atoms with Gasteiger partial charge in [-0.3, -0.25) is 9.89 Å². The molecule has 1 aromatic heterocycles. The summed E-state index contributed by atoms with van der Waals surface area (Å²) in [5.74, 6) is 2.05. The Labute approximate surface area is 239 Å². The SMILES string of the molecule is COc1ccc(CCN2C(=O)c3[nH]nc(-c4ccccc4)c3C2c2ccc(OCc3ccccc3)cc2)cc1OC. The number of carbonyl (C=O) groups excluding carboxylic acids is 1. The number of nitrogens with one attached hydrogen (secondary N) is 1. The van der Waals surface area contributed by atoms with Crippen LogP contribution in [0, 0.1) is 0 Å². The summed E-state index contributed by atoms with van der Waals surface area (Å²) in [7, 11) is 3.24. The fourth-order valence-corrected chi connectivity index (χ4v) is 5.36. The second kappa shape index (κ2) is 11.6. The topological polar surface area (TPSA) is 76.7 Å². The molecule has 41 heavy (non-hydrogen) atoms. The van der Waals surface area contributed by atoms with Crippen LogP contribution in [0.3, 0.4) is 0 Å². The minimum Gasteiger partial charge on any atom is -0.493 e. The molecule has 4 aromatic carbocycles. The molecule has 1 atom stereocenters. The highest BCUT2D eigenvalue weighted by atomic mass is 16.5. The summed E-state index contributed by atoms with van der Waals surface area (Å²) in [6.45, 7) is 1.01. The number of nitrogens with zero attached hydrogens (tertiary/aromatic N) is 2. The van der Waals surface area contributed by atoms with Crippen LogP contribution in [0.4, 0.5) is 0 Å². The summed E-state index contributed by atoms with van der Waals surface area (Å²) in [5, 5.41) is 7.62. The lowest BCUT2D eigenvalue weighted by Crippen LogP contribution is -2.31. The van der Waals surface area contributed by atoms with E-state index in [1.165, 1.54) is 0 Å². The summed E-state index contributed by atoms with van der Waals surface area (Å²) < 4.78 is 16.9. The first-order valence-corrected chi connectivity index (χ1v) is 13.6. The third-order valence-electron chi connectivity index (χ3n) is 7.44. The fraction of sp³-hybridized carbons (Fsp3) is 0.176. The molecule has 1 N–H and O–H groups in total. The molecule has 0 fully saturated rings. The van der Waals surface area contributed by atoms with Crippen molar-refractivity contribution in [1.29, 1.82) is 0 Å². The van der Waals surface area contributed by atoms with Crippen LogP contribution in [-0.2, 0) is 13.0 Å². The quantitative estimate of drug-likeness (QED) is 0.218. The molecule has 0 radical (unpaired) electrons. The van der Waals surface area contributed by atoms with Gasteiger partial charge in [0.15, 0.2) is 11.5 Å². The van der Waals surface area contributed by atoms with E-state index >= 15 is 0 Å². The molecule has 0 saturated carbocycles. The van der Waals surface area contributed by atoms with Crippen molar-refractivity contribution in [2.45, 2.75) is 19.1 Å². The summed E-state index contributed by atoms with van der Waals surface area (Å²) >= 11 is 0. The van der Waals surface area contributed by atoms with Gasteiger partial charge in [0, 0.05) is 17.7 Å². The molecular weight excluding hydrogens is 514 g/mol. The first-order valence-electron chi connectivity index (χ1n) is 13.6. The Balaban J connectivity index is 1.31. The van der Waals surface area contributed by atoms with E-state index in [1.54, 1.807) is 14.2 Å². The van der Waals surface area contributed by atoms with Gasteiger partial charge in [-0.1, -0.05) is 78.9 Å². The van der Waals surface area contributed by atoms with Crippen molar-refractivity contribution in [2.24, 2.45) is 0 Å². The number of amides is 1. The van der Waals surface area contributed by atoms with Gasteiger partial charge in [0.05, 0.1) is 26.0 Å². The summed E-state index contributed by atoms with van der Waals surface area (Å²) in [4.78, 5) is 15.7. The molecule has 6 rings (SSSR count). The number of H-pyrrole nitrogens is 1. The predicted octanol–water partition coefficient (Wildman–Crippen LogP) is 6.46. The number of aromatic amines is 1. The molecular formula is C34H31N3O4. The molecule has 1 aliphatic rings. The van der Waals surface area contributed by atoms with E-state index in [0.29, 0.717) is 36.8 Å². The third-order valence-corrected chi connectivity index (χ3v) is 7.44. The van der Waals surface area contributed by atoms with E-state index < -0.39 is 0 Å². The summed E-state index contributed by atoms with van der Waals surface area (Å²) in [6.07, 6.45) is 0.652. The van der Waals surface area contributed by atoms with Crippen LogP contribution in [0.2, 0.25) is 0 Å². The van der Waals surface area contributed by atoms with Crippen LogP contribution in [0.15, 0.2) is 103 Å². The van der Waals surface area contributed by atoms with E-state index in [0.717, 1.165) is 39.3 Å². The molecule has 0 spiro atoms. The lowest BCUT2D eigenvalue weighted by atomic mass is 9.96. The Morgan fingerprint density at radius 3 is 2.22 bits per heavy atom. The highest BCUT2D eigenvalue weighted by molar-refractivity contribution is 6.00. The number of aromatic nitrogens is 2. The largest absolute Gasteiger partial charge is 0.493 e. The number of benzene rings is 4.